The van der Waals surface area contributed by atoms with Gasteiger partial charge in [-0.1, -0.05) is 12.2 Å². The monoisotopic (exact) mass is 190 g/mol. The van der Waals surface area contributed by atoms with E-state index in [1.165, 1.54) is 4.63 Å². The van der Waals surface area contributed by atoms with E-state index in [0.717, 1.165) is 12.4 Å². The van der Waals surface area contributed by atoms with Crippen LogP contribution in [-0.4, -0.2) is 31.8 Å². The molecule has 0 aromatic carbocycles. The van der Waals surface area contributed by atoms with Gasteiger partial charge in [-0.3, -0.25) is 0 Å². The van der Waals surface area contributed by atoms with Crippen molar-refractivity contribution in [1.82, 2.24) is 25.3 Å². The van der Waals surface area contributed by atoms with Crippen LogP contribution in [0.3, 0.4) is 0 Å². The summed E-state index contributed by atoms with van der Waals surface area (Å²) in [6, 6.07) is 3.65. The molecule has 0 spiro atoms. The number of fused-ring (bicyclic) bond motifs is 1. The lowest BCUT2D eigenvalue weighted by atomic mass is 10.5. The Morgan fingerprint density at radius 1 is 1.50 bits per heavy atom. The summed E-state index contributed by atoms with van der Waals surface area (Å²) in [4.78, 5) is 0. The van der Waals surface area contributed by atoms with Gasteiger partial charge in [0.25, 0.3) is 0 Å². The number of hydrogen-bond donors (Lipinski definition) is 1. The average molecular weight is 190 g/mol. The Hall–Kier alpha value is -1.98. The summed E-state index contributed by atoms with van der Waals surface area (Å²) in [5.41, 5.74) is 0.640. The molecule has 0 aliphatic heterocycles. The average Bonchev–Trinajstić information content (AvgIpc) is 2.65. The van der Waals surface area contributed by atoms with Gasteiger partial charge in [0.15, 0.2) is 5.65 Å². The zero-order chi connectivity index (χ0) is 9.80. The minimum absolute atomic E-state index is 0.640. The molecule has 0 amide bonds. The van der Waals surface area contributed by atoms with Gasteiger partial charge in [0, 0.05) is 6.54 Å². The number of aromatic nitrogens is 5. The molecule has 0 fully saturated rings. The second-order valence-corrected chi connectivity index (χ2v) is 2.70. The molecule has 14 heavy (non-hydrogen) atoms. The molecule has 6 nitrogen and oxygen atoms in total. The normalized spacial score (nSPS) is 11.2. The van der Waals surface area contributed by atoms with Crippen molar-refractivity contribution in [2.24, 2.45) is 0 Å². The Labute approximate surface area is 80.6 Å². The fourth-order valence-corrected chi connectivity index (χ4v) is 1.03. The lowest BCUT2D eigenvalue weighted by Crippen LogP contribution is -2.04. The molecule has 2 aromatic heterocycles. The zero-order valence-electron chi connectivity index (χ0n) is 7.75. The Balaban J connectivity index is 2.17. The lowest BCUT2D eigenvalue weighted by molar-refractivity contribution is 0.735. The molecule has 0 bridgehead atoms. The summed E-state index contributed by atoms with van der Waals surface area (Å²) < 4.78 is 1.39. The van der Waals surface area contributed by atoms with Crippen molar-refractivity contribution >= 4 is 11.5 Å². The van der Waals surface area contributed by atoms with Gasteiger partial charge >= 0.3 is 0 Å². The van der Waals surface area contributed by atoms with Crippen LogP contribution in [0.15, 0.2) is 24.3 Å². The first-order valence-electron chi connectivity index (χ1n) is 4.30. The number of anilines is 1. The van der Waals surface area contributed by atoms with E-state index >= 15 is 0 Å². The molecule has 1 N–H and O–H groups in total. The largest absolute Gasteiger partial charge is 0.365 e. The highest BCUT2D eigenvalue weighted by molar-refractivity contribution is 5.42. The van der Waals surface area contributed by atoms with E-state index in [1.54, 1.807) is 0 Å². The van der Waals surface area contributed by atoms with Crippen molar-refractivity contribution in [3.63, 3.8) is 0 Å². The minimum atomic E-state index is 0.640. The molecular weight excluding hydrogens is 180 g/mol. The smallest absolute Gasteiger partial charge is 0.200 e. The molecule has 0 atom stereocenters. The molecule has 0 radical (unpaired) electrons. The number of tetrazole rings is 1. The SMILES string of the molecule is C/C=C/CNc1ccc2nnnn2n1. The van der Waals surface area contributed by atoms with Crippen LogP contribution in [0.5, 0.6) is 0 Å². The number of hydrogen-bond acceptors (Lipinski definition) is 5. The maximum Gasteiger partial charge on any atom is 0.200 e. The van der Waals surface area contributed by atoms with Crippen molar-refractivity contribution < 1.29 is 0 Å². The van der Waals surface area contributed by atoms with Crippen LogP contribution in [0.4, 0.5) is 5.82 Å². The van der Waals surface area contributed by atoms with Crippen LogP contribution in [-0.2, 0) is 0 Å². The van der Waals surface area contributed by atoms with Gasteiger partial charge in [-0.15, -0.1) is 14.8 Å². The van der Waals surface area contributed by atoms with Crippen LogP contribution >= 0.6 is 0 Å². The number of allylic oxidation sites excluding steroid dienone is 1. The quantitative estimate of drug-likeness (QED) is 0.714. The molecule has 0 aliphatic carbocycles. The minimum Gasteiger partial charge on any atom is -0.365 e. The highest BCUT2D eigenvalue weighted by Gasteiger charge is 1.98. The molecule has 2 rings (SSSR count). The number of nitrogens with one attached hydrogen (secondary N) is 1. The Morgan fingerprint density at radius 2 is 2.43 bits per heavy atom. The first-order chi connectivity index (χ1) is 6.90. The van der Waals surface area contributed by atoms with Crippen LogP contribution < -0.4 is 5.32 Å². The summed E-state index contributed by atoms with van der Waals surface area (Å²) in [6.07, 6.45) is 3.98. The highest BCUT2D eigenvalue weighted by Crippen LogP contribution is 2.02. The van der Waals surface area contributed by atoms with E-state index < -0.39 is 0 Å². The fraction of sp³-hybridized carbons (Fsp3) is 0.250. The van der Waals surface area contributed by atoms with E-state index in [1.807, 2.05) is 31.2 Å². The molecule has 0 saturated carbocycles. The summed E-state index contributed by atoms with van der Waals surface area (Å²) >= 11 is 0. The summed E-state index contributed by atoms with van der Waals surface area (Å²) in [7, 11) is 0. The maximum absolute atomic E-state index is 4.14. The Kier molecular flexibility index (Phi) is 2.35. The van der Waals surface area contributed by atoms with Gasteiger partial charge in [0.1, 0.15) is 5.82 Å². The van der Waals surface area contributed by atoms with Gasteiger partial charge in [-0.2, -0.15) is 0 Å². The molecule has 72 valence electrons. The predicted octanol–water partition coefficient (Wildman–Crippen LogP) is 0.507. The molecule has 2 heterocycles. The fourth-order valence-electron chi connectivity index (χ4n) is 1.03. The predicted molar refractivity (Wildman–Crippen MR) is 51.9 cm³/mol. The van der Waals surface area contributed by atoms with E-state index in [9.17, 15) is 0 Å². The van der Waals surface area contributed by atoms with Crippen molar-refractivity contribution in [3.8, 4) is 0 Å². The molecule has 0 saturated heterocycles. The topological polar surface area (TPSA) is 68.0 Å². The van der Waals surface area contributed by atoms with Gasteiger partial charge < -0.3 is 5.32 Å². The second-order valence-electron chi connectivity index (χ2n) is 2.70. The lowest BCUT2D eigenvalue weighted by Gasteiger charge is -2.00. The maximum atomic E-state index is 4.14. The van der Waals surface area contributed by atoms with E-state index in [-0.39, 0.29) is 0 Å². The van der Waals surface area contributed by atoms with Crippen LogP contribution in [0, 0.1) is 0 Å². The third kappa shape index (κ3) is 1.68. The van der Waals surface area contributed by atoms with Crippen molar-refractivity contribution in [2.45, 2.75) is 6.92 Å². The van der Waals surface area contributed by atoms with E-state index in [0.29, 0.717) is 5.65 Å². The first kappa shape index (κ1) is 8.61. The van der Waals surface area contributed by atoms with Gasteiger partial charge in [-0.05, 0) is 29.5 Å². The summed E-state index contributed by atoms with van der Waals surface area (Å²) in [5, 5.41) is 18.2. The Bertz CT molecular complexity index is 446. The molecule has 0 aliphatic rings. The van der Waals surface area contributed by atoms with Crippen molar-refractivity contribution in [2.75, 3.05) is 11.9 Å². The second kappa shape index (κ2) is 3.82. The molecule has 2 aromatic rings. The third-order valence-corrected chi connectivity index (χ3v) is 1.71. The molecular formula is C8H10N6. The third-order valence-electron chi connectivity index (χ3n) is 1.71. The van der Waals surface area contributed by atoms with Crippen LogP contribution in [0.1, 0.15) is 6.92 Å². The van der Waals surface area contributed by atoms with E-state index in [2.05, 4.69) is 25.9 Å². The molecule has 0 unspecified atom stereocenters. The summed E-state index contributed by atoms with van der Waals surface area (Å²) in [6.45, 7) is 2.72. The number of rotatable bonds is 3. The number of nitrogens with zero attached hydrogens (tertiary/aromatic N) is 5. The standard InChI is InChI=1S/C8H10N6/c1-2-3-6-9-7-4-5-8-10-12-13-14(8)11-7/h2-5H,6H2,1H3,(H,9,11)/b3-2+. The van der Waals surface area contributed by atoms with Gasteiger partial charge in [-0.25, -0.2) is 0 Å². The van der Waals surface area contributed by atoms with E-state index in [4.69, 9.17) is 0 Å². The van der Waals surface area contributed by atoms with Crippen LogP contribution in [0.25, 0.3) is 5.65 Å². The highest BCUT2D eigenvalue weighted by atomic mass is 15.6. The first-order valence-corrected chi connectivity index (χ1v) is 4.30. The zero-order valence-corrected chi connectivity index (χ0v) is 7.75. The van der Waals surface area contributed by atoms with Crippen molar-refractivity contribution in [3.05, 3.63) is 24.3 Å². The van der Waals surface area contributed by atoms with Crippen LogP contribution in [0.2, 0.25) is 0 Å². The van der Waals surface area contributed by atoms with Gasteiger partial charge in [0.05, 0.1) is 0 Å². The summed E-state index contributed by atoms with van der Waals surface area (Å²) in [5.74, 6) is 0.753. The molecule has 6 heteroatoms. The van der Waals surface area contributed by atoms with Crippen molar-refractivity contribution in [1.29, 1.82) is 0 Å². The Morgan fingerprint density at radius 3 is 3.29 bits per heavy atom. The van der Waals surface area contributed by atoms with Gasteiger partial charge in [0.2, 0.25) is 0 Å².